The van der Waals surface area contributed by atoms with Gasteiger partial charge in [-0.15, -0.1) is 11.3 Å². The van der Waals surface area contributed by atoms with Crippen molar-refractivity contribution in [3.05, 3.63) is 39.8 Å². The molecule has 4 rings (SSSR count). The number of fused-ring (bicyclic) bond motifs is 2. The molecule has 1 atom stereocenters. The van der Waals surface area contributed by atoms with E-state index in [1.165, 1.54) is 18.3 Å². The van der Waals surface area contributed by atoms with Crippen molar-refractivity contribution in [1.29, 1.82) is 0 Å². The van der Waals surface area contributed by atoms with Gasteiger partial charge < -0.3 is 21.1 Å². The van der Waals surface area contributed by atoms with Crippen LogP contribution in [0.25, 0.3) is 0 Å². The summed E-state index contributed by atoms with van der Waals surface area (Å²) < 4.78 is 5.79. The number of nitrogens with two attached hydrogens (primary N) is 1. The number of hydrogen-bond acceptors (Lipinski definition) is 5. The van der Waals surface area contributed by atoms with Crippen LogP contribution in [0.4, 0.5) is 10.7 Å². The summed E-state index contributed by atoms with van der Waals surface area (Å²) >= 11 is 1.35. The van der Waals surface area contributed by atoms with Gasteiger partial charge in [0.2, 0.25) is 0 Å². The molecule has 7 nitrogen and oxygen atoms in total. The topological polar surface area (TPSA) is 111 Å². The highest BCUT2D eigenvalue weighted by molar-refractivity contribution is 7.17. The predicted molar refractivity (Wildman–Crippen MR) is 107 cm³/mol. The number of rotatable bonds is 3. The lowest BCUT2D eigenvalue weighted by molar-refractivity contribution is -0.143. The smallest absolute Gasteiger partial charge is 0.278 e. The first-order valence-electron chi connectivity index (χ1n) is 9.16. The summed E-state index contributed by atoms with van der Waals surface area (Å²) in [5.41, 5.74) is 6.58. The lowest BCUT2D eigenvalue weighted by atomic mass is 9.95. The lowest BCUT2D eigenvalue weighted by Crippen LogP contribution is -2.56. The van der Waals surface area contributed by atoms with Gasteiger partial charge >= 0.3 is 0 Å². The fourth-order valence-electron chi connectivity index (χ4n) is 3.62. The molecule has 0 saturated carbocycles. The number of ether oxygens (including phenoxy) is 1. The van der Waals surface area contributed by atoms with Crippen LogP contribution in [0.1, 0.15) is 46.1 Å². The highest BCUT2D eigenvalue weighted by atomic mass is 32.1. The molecule has 2 aliphatic rings. The number of nitrogens with one attached hydrogen (secondary N) is 2. The van der Waals surface area contributed by atoms with Crippen molar-refractivity contribution in [2.24, 2.45) is 5.73 Å². The van der Waals surface area contributed by atoms with E-state index in [4.69, 9.17) is 10.5 Å². The Balaban J connectivity index is 1.65. The van der Waals surface area contributed by atoms with Gasteiger partial charge in [-0.1, -0.05) is 6.07 Å². The number of anilines is 2. The van der Waals surface area contributed by atoms with Crippen molar-refractivity contribution >= 4 is 39.7 Å². The monoisotopic (exact) mass is 399 g/mol. The third kappa shape index (κ3) is 2.93. The Morgan fingerprint density at radius 2 is 2.04 bits per heavy atom. The summed E-state index contributed by atoms with van der Waals surface area (Å²) in [7, 11) is 0. The molecule has 28 heavy (non-hydrogen) atoms. The number of thiophene rings is 1. The van der Waals surface area contributed by atoms with Crippen LogP contribution in [0.3, 0.4) is 0 Å². The van der Waals surface area contributed by atoms with E-state index in [2.05, 4.69) is 10.6 Å². The van der Waals surface area contributed by atoms with E-state index in [0.717, 1.165) is 41.7 Å². The Kier molecular flexibility index (Phi) is 4.38. The Morgan fingerprint density at radius 1 is 1.29 bits per heavy atom. The Hall–Kier alpha value is -2.87. The fourth-order valence-corrected chi connectivity index (χ4v) is 4.91. The molecule has 3 amide bonds. The second-order valence-corrected chi connectivity index (χ2v) is 8.43. The van der Waals surface area contributed by atoms with Gasteiger partial charge in [-0.2, -0.15) is 0 Å². The average molecular weight is 399 g/mol. The highest BCUT2D eigenvalue weighted by Crippen LogP contribution is 2.39. The van der Waals surface area contributed by atoms with Gasteiger partial charge in [-0.25, -0.2) is 0 Å². The maximum Gasteiger partial charge on any atom is 0.278 e. The van der Waals surface area contributed by atoms with Gasteiger partial charge in [-0.3, -0.25) is 14.4 Å². The van der Waals surface area contributed by atoms with E-state index in [0.29, 0.717) is 22.0 Å². The Morgan fingerprint density at radius 3 is 2.79 bits per heavy atom. The summed E-state index contributed by atoms with van der Waals surface area (Å²) in [6, 6.07) is 5.34. The van der Waals surface area contributed by atoms with E-state index in [-0.39, 0.29) is 0 Å². The molecule has 1 aromatic heterocycles. The van der Waals surface area contributed by atoms with E-state index in [9.17, 15) is 14.4 Å². The molecule has 1 aliphatic carbocycles. The van der Waals surface area contributed by atoms with Gasteiger partial charge in [0.15, 0.2) is 0 Å². The number of amides is 3. The number of carbonyl (C=O) groups is 3. The SMILES string of the molecule is Cc1ccc2c(c1)NC(=O)C(C)(C(=O)Nc1sc3c(c1C(N)=O)CCCC3)O2. The molecule has 0 radical (unpaired) electrons. The molecule has 0 saturated heterocycles. The van der Waals surface area contributed by atoms with Gasteiger partial charge in [0.25, 0.3) is 23.3 Å². The van der Waals surface area contributed by atoms with Crippen LogP contribution in [-0.2, 0) is 22.4 Å². The zero-order chi connectivity index (χ0) is 20.1. The van der Waals surface area contributed by atoms with Crippen molar-refractivity contribution < 1.29 is 19.1 Å². The minimum absolute atomic E-state index is 0.351. The fraction of sp³-hybridized carbons (Fsp3) is 0.350. The number of benzene rings is 1. The van der Waals surface area contributed by atoms with Crippen LogP contribution in [0.5, 0.6) is 5.75 Å². The third-order valence-corrected chi connectivity index (χ3v) is 6.42. The molecule has 4 N–H and O–H groups in total. The van der Waals surface area contributed by atoms with Crippen molar-refractivity contribution in [3.63, 3.8) is 0 Å². The standard InChI is InChI=1S/C20H21N3O4S/c1-10-7-8-13-12(9-10)22-18(25)20(2,27-13)19(26)23-17-15(16(21)24)11-5-3-4-6-14(11)28-17/h7-9H,3-6H2,1-2H3,(H2,21,24)(H,22,25)(H,23,26). The van der Waals surface area contributed by atoms with Crippen molar-refractivity contribution in [2.45, 2.75) is 45.1 Å². The lowest BCUT2D eigenvalue weighted by Gasteiger charge is -2.33. The van der Waals surface area contributed by atoms with E-state index in [1.807, 2.05) is 13.0 Å². The van der Waals surface area contributed by atoms with Crippen LogP contribution in [-0.4, -0.2) is 23.3 Å². The van der Waals surface area contributed by atoms with E-state index in [1.54, 1.807) is 12.1 Å². The summed E-state index contributed by atoms with van der Waals surface area (Å²) in [6.45, 7) is 3.31. The second kappa shape index (κ2) is 6.63. The van der Waals surface area contributed by atoms with Crippen LogP contribution >= 0.6 is 11.3 Å². The van der Waals surface area contributed by atoms with Crippen LogP contribution in [0.15, 0.2) is 18.2 Å². The number of primary amides is 1. The van der Waals surface area contributed by atoms with Crippen LogP contribution in [0, 0.1) is 6.92 Å². The first-order chi connectivity index (χ1) is 13.3. The summed E-state index contributed by atoms with van der Waals surface area (Å²) in [5, 5.41) is 5.84. The van der Waals surface area contributed by atoms with Crippen LogP contribution < -0.4 is 21.1 Å². The van der Waals surface area contributed by atoms with Crippen LogP contribution in [0.2, 0.25) is 0 Å². The van der Waals surface area contributed by atoms with Gasteiger partial charge in [0, 0.05) is 4.88 Å². The third-order valence-electron chi connectivity index (χ3n) is 5.21. The van der Waals surface area contributed by atoms with Crippen molar-refractivity contribution in [3.8, 4) is 5.75 Å². The van der Waals surface area contributed by atoms with Crippen molar-refractivity contribution in [1.82, 2.24) is 0 Å². The quantitative estimate of drug-likeness (QED) is 0.689. The molecule has 2 heterocycles. The first kappa shape index (κ1) is 18.5. The predicted octanol–water partition coefficient (Wildman–Crippen LogP) is 2.76. The maximum absolute atomic E-state index is 13.0. The molecule has 1 unspecified atom stereocenters. The Bertz CT molecular complexity index is 1010. The summed E-state index contributed by atoms with van der Waals surface area (Å²) in [5.74, 6) is -1.36. The molecule has 0 fully saturated rings. The first-order valence-corrected chi connectivity index (χ1v) is 9.98. The Labute approximate surface area is 166 Å². The molecular formula is C20H21N3O4S. The minimum atomic E-state index is -1.76. The zero-order valence-corrected chi connectivity index (χ0v) is 16.5. The molecule has 0 spiro atoms. The number of carbonyl (C=O) groups excluding carboxylic acids is 3. The molecule has 1 aliphatic heterocycles. The number of aryl methyl sites for hydroxylation is 2. The molecule has 146 valence electrons. The largest absolute Gasteiger partial charge is 0.466 e. The molecule has 2 aromatic rings. The zero-order valence-electron chi connectivity index (χ0n) is 15.7. The normalized spacial score (nSPS) is 20.4. The molecule has 1 aromatic carbocycles. The summed E-state index contributed by atoms with van der Waals surface area (Å²) in [4.78, 5) is 38.8. The number of hydrogen-bond donors (Lipinski definition) is 3. The summed E-state index contributed by atoms with van der Waals surface area (Å²) in [6.07, 6.45) is 3.65. The molecule has 0 bridgehead atoms. The minimum Gasteiger partial charge on any atom is -0.466 e. The average Bonchev–Trinajstić information content (AvgIpc) is 3.01. The molecule has 8 heteroatoms. The highest BCUT2D eigenvalue weighted by Gasteiger charge is 2.47. The van der Waals surface area contributed by atoms with Gasteiger partial charge in [0.1, 0.15) is 10.8 Å². The van der Waals surface area contributed by atoms with Gasteiger partial charge in [0.05, 0.1) is 11.3 Å². The molecular weight excluding hydrogens is 378 g/mol. The van der Waals surface area contributed by atoms with Crippen molar-refractivity contribution in [2.75, 3.05) is 10.6 Å². The van der Waals surface area contributed by atoms with E-state index >= 15 is 0 Å². The van der Waals surface area contributed by atoms with Gasteiger partial charge in [-0.05, 0) is 62.8 Å². The van der Waals surface area contributed by atoms with E-state index < -0.39 is 23.3 Å². The maximum atomic E-state index is 13.0. The second-order valence-electron chi connectivity index (χ2n) is 7.32.